The second kappa shape index (κ2) is 5.98. The number of ether oxygens (including phenoxy) is 1. The van der Waals surface area contributed by atoms with Crippen LogP contribution in [-0.4, -0.2) is 48.3 Å². The smallest absolute Gasteiger partial charge is 0.303 e. The quantitative estimate of drug-likeness (QED) is 0.720. The van der Waals surface area contributed by atoms with E-state index < -0.39 is 5.97 Å². The summed E-state index contributed by atoms with van der Waals surface area (Å²) in [5, 5.41) is 8.54. The van der Waals surface area contributed by atoms with Crippen LogP contribution < -0.4 is 0 Å². The minimum Gasteiger partial charge on any atom is -0.481 e. The van der Waals surface area contributed by atoms with Gasteiger partial charge >= 0.3 is 5.97 Å². The molecule has 1 atom stereocenters. The first-order chi connectivity index (χ1) is 6.72. The Hall–Kier alpha value is -0.610. The third-order valence-corrected chi connectivity index (χ3v) is 2.44. The van der Waals surface area contributed by atoms with Gasteiger partial charge in [-0.05, 0) is 19.4 Å². The lowest BCUT2D eigenvalue weighted by Crippen LogP contribution is -2.42. The molecule has 0 aromatic rings. The van der Waals surface area contributed by atoms with Crippen molar-refractivity contribution in [3.63, 3.8) is 0 Å². The van der Waals surface area contributed by atoms with Crippen LogP contribution in [0.1, 0.15) is 26.2 Å². The van der Waals surface area contributed by atoms with E-state index in [4.69, 9.17) is 9.84 Å². The highest BCUT2D eigenvalue weighted by atomic mass is 16.5. The van der Waals surface area contributed by atoms with Crippen molar-refractivity contribution in [3.8, 4) is 0 Å². The van der Waals surface area contributed by atoms with Gasteiger partial charge in [0, 0.05) is 19.5 Å². The second-order valence-electron chi connectivity index (χ2n) is 3.73. The highest BCUT2D eigenvalue weighted by Crippen LogP contribution is 2.10. The molecule has 0 aliphatic carbocycles. The van der Waals surface area contributed by atoms with Crippen molar-refractivity contribution in [2.45, 2.75) is 32.3 Å². The predicted molar refractivity (Wildman–Crippen MR) is 53.3 cm³/mol. The minimum absolute atomic E-state index is 0.117. The number of hydrogen-bond acceptors (Lipinski definition) is 3. The summed E-state index contributed by atoms with van der Waals surface area (Å²) in [5.74, 6) is -0.735. The Morgan fingerprint density at radius 3 is 3.07 bits per heavy atom. The highest BCUT2D eigenvalue weighted by Gasteiger charge is 2.20. The van der Waals surface area contributed by atoms with Gasteiger partial charge in [0.2, 0.25) is 0 Å². The normalized spacial score (nSPS) is 23.6. The second-order valence-corrected chi connectivity index (χ2v) is 3.73. The first-order valence-corrected chi connectivity index (χ1v) is 5.28. The summed E-state index contributed by atoms with van der Waals surface area (Å²) >= 11 is 0. The molecule has 1 heterocycles. The number of rotatable bonds is 5. The molecule has 0 amide bonds. The molecule has 1 saturated heterocycles. The van der Waals surface area contributed by atoms with Crippen molar-refractivity contribution in [3.05, 3.63) is 0 Å². The third kappa shape index (κ3) is 4.07. The first-order valence-electron chi connectivity index (χ1n) is 5.28. The molecule has 1 fully saturated rings. The summed E-state index contributed by atoms with van der Waals surface area (Å²) in [6.07, 6.45) is 2.11. The molecule has 82 valence electrons. The Morgan fingerprint density at radius 2 is 2.43 bits per heavy atom. The van der Waals surface area contributed by atoms with E-state index in [1.807, 2.05) is 0 Å². The van der Waals surface area contributed by atoms with Crippen molar-refractivity contribution in [1.29, 1.82) is 0 Å². The van der Waals surface area contributed by atoms with Gasteiger partial charge in [0.05, 0.1) is 12.7 Å². The lowest BCUT2D eigenvalue weighted by molar-refractivity contribution is -0.138. The summed E-state index contributed by atoms with van der Waals surface area (Å²) in [6, 6.07) is 0. The average molecular weight is 201 g/mol. The average Bonchev–Trinajstić information content (AvgIpc) is 2.16. The van der Waals surface area contributed by atoms with Gasteiger partial charge in [-0.25, -0.2) is 0 Å². The standard InChI is InChI=1S/C10H19NO3/c1-2-5-11-6-7-14-9(8-11)3-4-10(12)13/h9H,2-8H2,1H3,(H,12,13)/t9-/m1/s1. The van der Waals surface area contributed by atoms with Crippen molar-refractivity contribution >= 4 is 5.97 Å². The molecule has 1 rings (SSSR count). The van der Waals surface area contributed by atoms with Gasteiger partial charge in [-0.15, -0.1) is 0 Å². The maximum Gasteiger partial charge on any atom is 0.303 e. The van der Waals surface area contributed by atoms with Crippen molar-refractivity contribution in [2.24, 2.45) is 0 Å². The summed E-state index contributed by atoms with van der Waals surface area (Å²) in [6.45, 7) is 5.86. The van der Waals surface area contributed by atoms with E-state index in [0.717, 1.165) is 32.7 Å². The fraction of sp³-hybridized carbons (Fsp3) is 0.900. The number of aliphatic carboxylic acids is 1. The number of carboxylic acids is 1. The summed E-state index contributed by atoms with van der Waals surface area (Å²) < 4.78 is 5.50. The van der Waals surface area contributed by atoms with Gasteiger partial charge in [-0.2, -0.15) is 0 Å². The molecule has 0 bridgehead atoms. The molecule has 1 aliphatic rings. The Labute approximate surface area is 84.8 Å². The van der Waals surface area contributed by atoms with E-state index in [9.17, 15) is 4.79 Å². The topological polar surface area (TPSA) is 49.8 Å². The molecular weight excluding hydrogens is 182 g/mol. The van der Waals surface area contributed by atoms with Crippen LogP contribution in [0, 0.1) is 0 Å². The van der Waals surface area contributed by atoms with Crippen molar-refractivity contribution in [2.75, 3.05) is 26.2 Å². The fourth-order valence-electron chi connectivity index (χ4n) is 1.76. The molecule has 0 spiro atoms. The van der Waals surface area contributed by atoms with Crippen LogP contribution >= 0.6 is 0 Å². The van der Waals surface area contributed by atoms with E-state index in [0.29, 0.717) is 6.42 Å². The van der Waals surface area contributed by atoms with Gasteiger partial charge in [-0.3, -0.25) is 9.69 Å². The van der Waals surface area contributed by atoms with E-state index in [1.54, 1.807) is 0 Å². The van der Waals surface area contributed by atoms with Crippen LogP contribution in [-0.2, 0) is 9.53 Å². The van der Waals surface area contributed by atoms with Crippen LogP contribution in [0.2, 0.25) is 0 Å². The van der Waals surface area contributed by atoms with Crippen LogP contribution in [0.4, 0.5) is 0 Å². The summed E-state index contributed by atoms with van der Waals surface area (Å²) in [5.41, 5.74) is 0. The van der Waals surface area contributed by atoms with E-state index >= 15 is 0 Å². The van der Waals surface area contributed by atoms with Gasteiger partial charge in [0.25, 0.3) is 0 Å². The van der Waals surface area contributed by atoms with Gasteiger partial charge in [0.1, 0.15) is 0 Å². The monoisotopic (exact) mass is 201 g/mol. The zero-order valence-electron chi connectivity index (χ0n) is 8.74. The predicted octanol–water partition coefficient (Wildman–Crippen LogP) is 0.962. The van der Waals surface area contributed by atoms with Crippen molar-refractivity contribution in [1.82, 2.24) is 4.90 Å². The Bertz CT molecular complexity index is 182. The molecular formula is C10H19NO3. The fourth-order valence-corrected chi connectivity index (χ4v) is 1.76. The summed E-state index contributed by atoms with van der Waals surface area (Å²) in [7, 11) is 0. The number of morpholine rings is 1. The number of carboxylic acid groups (broad SMARTS) is 1. The maximum absolute atomic E-state index is 10.4. The zero-order valence-corrected chi connectivity index (χ0v) is 8.74. The summed E-state index contributed by atoms with van der Waals surface area (Å²) in [4.78, 5) is 12.7. The maximum atomic E-state index is 10.4. The number of nitrogens with zero attached hydrogens (tertiary/aromatic N) is 1. The Kier molecular flexibility index (Phi) is 4.90. The van der Waals surface area contributed by atoms with Crippen LogP contribution in [0.5, 0.6) is 0 Å². The molecule has 0 saturated carbocycles. The van der Waals surface area contributed by atoms with E-state index in [2.05, 4.69) is 11.8 Å². The molecule has 0 unspecified atom stereocenters. The molecule has 0 radical (unpaired) electrons. The lowest BCUT2D eigenvalue weighted by atomic mass is 10.1. The lowest BCUT2D eigenvalue weighted by Gasteiger charge is -2.32. The van der Waals surface area contributed by atoms with Gasteiger partial charge in [0.15, 0.2) is 0 Å². The zero-order chi connectivity index (χ0) is 10.4. The number of hydrogen-bond donors (Lipinski definition) is 1. The minimum atomic E-state index is -0.735. The molecule has 4 heteroatoms. The van der Waals surface area contributed by atoms with Gasteiger partial charge < -0.3 is 9.84 Å². The SMILES string of the molecule is CCCN1CCO[C@H](CCC(=O)O)C1. The molecule has 1 aliphatic heterocycles. The van der Waals surface area contributed by atoms with E-state index in [1.165, 1.54) is 0 Å². The van der Waals surface area contributed by atoms with E-state index in [-0.39, 0.29) is 12.5 Å². The Balaban J connectivity index is 2.21. The first kappa shape index (κ1) is 11.5. The molecule has 4 nitrogen and oxygen atoms in total. The highest BCUT2D eigenvalue weighted by molar-refractivity contribution is 5.66. The van der Waals surface area contributed by atoms with Crippen LogP contribution in [0.25, 0.3) is 0 Å². The van der Waals surface area contributed by atoms with Gasteiger partial charge in [-0.1, -0.05) is 6.92 Å². The molecule has 0 aromatic heterocycles. The molecule has 14 heavy (non-hydrogen) atoms. The largest absolute Gasteiger partial charge is 0.481 e. The Morgan fingerprint density at radius 1 is 1.64 bits per heavy atom. The van der Waals surface area contributed by atoms with Crippen LogP contribution in [0.3, 0.4) is 0 Å². The van der Waals surface area contributed by atoms with Crippen molar-refractivity contribution < 1.29 is 14.6 Å². The van der Waals surface area contributed by atoms with Crippen LogP contribution in [0.15, 0.2) is 0 Å². The molecule has 0 aromatic carbocycles. The number of carbonyl (C=O) groups is 1. The third-order valence-electron chi connectivity index (χ3n) is 2.44. The molecule has 1 N–H and O–H groups in total.